The maximum absolute atomic E-state index is 4.19. The van der Waals surface area contributed by atoms with E-state index in [0.717, 1.165) is 23.3 Å². The Labute approximate surface area is 105 Å². The molecule has 2 heterocycles. The summed E-state index contributed by atoms with van der Waals surface area (Å²) in [5.74, 6) is 4.77. The average Bonchev–Trinajstić information content (AvgIpc) is 2.38. The molecule has 0 aromatic carbocycles. The lowest BCUT2D eigenvalue weighted by atomic mass is 10.3. The van der Waals surface area contributed by atoms with Crippen LogP contribution in [0.1, 0.15) is 0 Å². The SMILES string of the molecule is CNc1cc(NCC2CSCCS2)ccn1. The highest BCUT2D eigenvalue weighted by Gasteiger charge is 2.13. The van der Waals surface area contributed by atoms with Crippen molar-refractivity contribution in [2.75, 3.05) is 41.5 Å². The first-order valence-electron chi connectivity index (χ1n) is 5.45. The second-order valence-electron chi connectivity index (χ2n) is 3.63. The zero-order valence-corrected chi connectivity index (χ0v) is 11.0. The molecule has 0 bridgehead atoms. The van der Waals surface area contributed by atoms with Gasteiger partial charge in [0, 0.05) is 54.1 Å². The quantitative estimate of drug-likeness (QED) is 0.864. The van der Waals surface area contributed by atoms with Gasteiger partial charge in [-0.3, -0.25) is 0 Å². The van der Waals surface area contributed by atoms with Gasteiger partial charge in [0.2, 0.25) is 0 Å². The standard InChI is InChI=1S/C11H17N3S2/c1-12-11-6-9(2-3-13-11)14-7-10-8-15-4-5-16-10/h2-3,6,10H,4-5,7-8H2,1H3,(H2,12,13,14). The summed E-state index contributed by atoms with van der Waals surface area (Å²) in [5.41, 5.74) is 1.15. The highest BCUT2D eigenvalue weighted by atomic mass is 32.2. The summed E-state index contributed by atoms with van der Waals surface area (Å²) in [4.78, 5) is 4.19. The number of thioether (sulfide) groups is 2. The molecule has 1 aromatic rings. The average molecular weight is 255 g/mol. The van der Waals surface area contributed by atoms with Crippen LogP contribution in [-0.4, -0.2) is 41.1 Å². The summed E-state index contributed by atoms with van der Waals surface area (Å²) in [6.07, 6.45) is 1.83. The van der Waals surface area contributed by atoms with E-state index in [0.29, 0.717) is 0 Å². The summed E-state index contributed by atoms with van der Waals surface area (Å²) in [7, 11) is 1.89. The van der Waals surface area contributed by atoms with Crippen molar-refractivity contribution >= 4 is 35.0 Å². The lowest BCUT2D eigenvalue weighted by Crippen LogP contribution is -2.23. The van der Waals surface area contributed by atoms with Gasteiger partial charge in [0.1, 0.15) is 5.82 Å². The molecule has 1 aliphatic heterocycles. The minimum Gasteiger partial charge on any atom is -0.384 e. The Hall–Kier alpha value is -0.550. The third kappa shape index (κ3) is 3.49. The van der Waals surface area contributed by atoms with E-state index < -0.39 is 0 Å². The van der Waals surface area contributed by atoms with Crippen molar-refractivity contribution in [3.05, 3.63) is 18.3 Å². The van der Waals surface area contributed by atoms with E-state index in [1.807, 2.05) is 25.4 Å². The molecule has 1 aliphatic rings. The number of nitrogens with one attached hydrogen (secondary N) is 2. The van der Waals surface area contributed by atoms with Gasteiger partial charge in [0.15, 0.2) is 0 Å². The lowest BCUT2D eigenvalue weighted by Gasteiger charge is -2.21. The summed E-state index contributed by atoms with van der Waals surface area (Å²) in [6.45, 7) is 1.05. The number of anilines is 2. The predicted molar refractivity (Wildman–Crippen MR) is 75.8 cm³/mol. The molecule has 1 aromatic heterocycles. The van der Waals surface area contributed by atoms with E-state index in [9.17, 15) is 0 Å². The Kier molecular flexibility index (Phi) is 4.66. The smallest absolute Gasteiger partial charge is 0.127 e. The van der Waals surface area contributed by atoms with Crippen LogP contribution in [0.2, 0.25) is 0 Å². The maximum Gasteiger partial charge on any atom is 0.127 e. The summed E-state index contributed by atoms with van der Waals surface area (Å²) < 4.78 is 0. The van der Waals surface area contributed by atoms with Crippen molar-refractivity contribution in [2.24, 2.45) is 0 Å². The van der Waals surface area contributed by atoms with Crippen molar-refractivity contribution in [3.63, 3.8) is 0 Å². The minimum atomic E-state index is 0.741. The number of rotatable bonds is 4. The fraction of sp³-hybridized carbons (Fsp3) is 0.545. The first-order chi connectivity index (χ1) is 7.88. The molecular weight excluding hydrogens is 238 g/mol. The van der Waals surface area contributed by atoms with Crippen LogP contribution in [-0.2, 0) is 0 Å². The van der Waals surface area contributed by atoms with Crippen molar-refractivity contribution in [3.8, 4) is 0 Å². The summed E-state index contributed by atoms with van der Waals surface area (Å²) >= 11 is 4.14. The molecule has 0 saturated carbocycles. The number of hydrogen-bond acceptors (Lipinski definition) is 5. The molecule has 1 fully saturated rings. The van der Waals surface area contributed by atoms with Gasteiger partial charge in [-0.05, 0) is 6.07 Å². The van der Waals surface area contributed by atoms with Crippen molar-refractivity contribution in [1.82, 2.24) is 4.98 Å². The first kappa shape index (κ1) is 11.9. The van der Waals surface area contributed by atoms with Crippen LogP contribution < -0.4 is 10.6 Å². The van der Waals surface area contributed by atoms with Gasteiger partial charge in [0.25, 0.3) is 0 Å². The fourth-order valence-electron chi connectivity index (χ4n) is 1.56. The van der Waals surface area contributed by atoms with Gasteiger partial charge in [0.05, 0.1) is 0 Å². The van der Waals surface area contributed by atoms with E-state index in [1.54, 1.807) is 0 Å². The van der Waals surface area contributed by atoms with Crippen LogP contribution in [0.5, 0.6) is 0 Å². The number of nitrogens with zero attached hydrogens (tertiary/aromatic N) is 1. The molecule has 0 radical (unpaired) electrons. The van der Waals surface area contributed by atoms with E-state index in [4.69, 9.17) is 0 Å². The van der Waals surface area contributed by atoms with E-state index >= 15 is 0 Å². The lowest BCUT2D eigenvalue weighted by molar-refractivity contribution is 1.00. The van der Waals surface area contributed by atoms with Gasteiger partial charge >= 0.3 is 0 Å². The monoisotopic (exact) mass is 255 g/mol. The van der Waals surface area contributed by atoms with Gasteiger partial charge in [-0.15, -0.1) is 0 Å². The minimum absolute atomic E-state index is 0.741. The highest BCUT2D eigenvalue weighted by Crippen LogP contribution is 2.24. The Morgan fingerprint density at radius 2 is 2.44 bits per heavy atom. The molecule has 0 aliphatic carbocycles. The van der Waals surface area contributed by atoms with Gasteiger partial charge in [-0.2, -0.15) is 23.5 Å². The summed E-state index contributed by atoms with van der Waals surface area (Å²) in [6, 6.07) is 4.06. The maximum atomic E-state index is 4.19. The number of hydrogen-bond donors (Lipinski definition) is 2. The molecule has 0 amide bonds. The molecule has 5 heteroatoms. The number of pyridine rings is 1. The van der Waals surface area contributed by atoms with Gasteiger partial charge in [-0.25, -0.2) is 4.98 Å². The molecule has 1 saturated heterocycles. The third-order valence-corrected chi connectivity index (χ3v) is 5.28. The molecular formula is C11H17N3S2. The van der Waals surface area contributed by atoms with Gasteiger partial charge < -0.3 is 10.6 Å². The van der Waals surface area contributed by atoms with Crippen molar-refractivity contribution in [2.45, 2.75) is 5.25 Å². The number of aromatic nitrogens is 1. The van der Waals surface area contributed by atoms with E-state index in [-0.39, 0.29) is 0 Å². The molecule has 16 heavy (non-hydrogen) atoms. The molecule has 1 atom stereocenters. The van der Waals surface area contributed by atoms with Crippen molar-refractivity contribution in [1.29, 1.82) is 0 Å². The van der Waals surface area contributed by atoms with Crippen molar-refractivity contribution < 1.29 is 0 Å². The van der Waals surface area contributed by atoms with E-state index in [1.165, 1.54) is 17.3 Å². The van der Waals surface area contributed by atoms with Crippen LogP contribution in [0.15, 0.2) is 18.3 Å². The van der Waals surface area contributed by atoms with Crippen LogP contribution in [0.4, 0.5) is 11.5 Å². The Balaban J connectivity index is 1.83. The van der Waals surface area contributed by atoms with Crippen LogP contribution in [0.25, 0.3) is 0 Å². The second-order valence-corrected chi connectivity index (χ2v) is 6.19. The Morgan fingerprint density at radius 3 is 3.19 bits per heavy atom. The van der Waals surface area contributed by atoms with Gasteiger partial charge in [-0.1, -0.05) is 0 Å². The first-order valence-corrected chi connectivity index (χ1v) is 7.66. The summed E-state index contributed by atoms with van der Waals surface area (Å²) in [5, 5.41) is 7.26. The predicted octanol–water partition coefficient (Wildman–Crippen LogP) is 2.38. The Morgan fingerprint density at radius 1 is 1.50 bits per heavy atom. The van der Waals surface area contributed by atoms with Crippen LogP contribution in [0.3, 0.4) is 0 Å². The second kappa shape index (κ2) is 6.25. The molecule has 1 unspecified atom stereocenters. The Bertz CT molecular complexity index is 327. The molecule has 0 spiro atoms. The third-order valence-electron chi connectivity index (χ3n) is 2.43. The van der Waals surface area contributed by atoms with E-state index in [2.05, 4.69) is 39.1 Å². The fourth-order valence-corrected chi connectivity index (χ4v) is 4.18. The molecule has 2 N–H and O–H groups in total. The largest absolute Gasteiger partial charge is 0.384 e. The zero-order chi connectivity index (χ0) is 11.2. The highest BCUT2D eigenvalue weighted by molar-refractivity contribution is 8.06. The molecule has 88 valence electrons. The molecule has 3 nitrogen and oxygen atoms in total. The normalized spacial score (nSPS) is 20.4. The van der Waals surface area contributed by atoms with Crippen LogP contribution >= 0.6 is 23.5 Å². The zero-order valence-electron chi connectivity index (χ0n) is 9.40. The van der Waals surface area contributed by atoms with Crippen LogP contribution in [0, 0.1) is 0 Å². The molecule has 2 rings (SSSR count). The topological polar surface area (TPSA) is 37.0 Å².